The molecule has 1 atom stereocenters. The van der Waals surface area contributed by atoms with E-state index in [4.69, 9.17) is 14.2 Å². The zero-order valence-corrected chi connectivity index (χ0v) is 16.3. The minimum absolute atomic E-state index is 0.116. The lowest BCUT2D eigenvalue weighted by Crippen LogP contribution is -2.40. The van der Waals surface area contributed by atoms with Crippen LogP contribution in [0.25, 0.3) is 0 Å². The number of methoxy groups -OCH3 is 2. The Morgan fingerprint density at radius 2 is 1.85 bits per heavy atom. The summed E-state index contributed by atoms with van der Waals surface area (Å²) < 4.78 is 16.6. The second-order valence-electron chi connectivity index (χ2n) is 5.99. The third-order valence-electron chi connectivity index (χ3n) is 4.31. The number of rotatable bonds is 11. The van der Waals surface area contributed by atoms with Gasteiger partial charge in [-0.25, -0.2) is 0 Å². The van der Waals surface area contributed by atoms with Crippen LogP contribution >= 0.6 is 11.8 Å². The number of likely N-dealkylation sites (N-methyl/N-ethyl adjacent to an activating group) is 1. The van der Waals surface area contributed by atoms with E-state index in [1.807, 2.05) is 6.07 Å². The average Bonchev–Trinajstić information content (AvgIpc) is 2.62. The maximum atomic E-state index is 10.0. The van der Waals surface area contributed by atoms with Crippen LogP contribution in [0, 0.1) is 10.1 Å². The van der Waals surface area contributed by atoms with Crippen molar-refractivity contribution in [3.05, 3.63) is 33.4 Å². The molecule has 1 aromatic rings. The molecule has 0 saturated heterocycles. The molecule has 0 amide bonds. The first-order valence-corrected chi connectivity index (χ1v) is 9.57. The van der Waals surface area contributed by atoms with Crippen molar-refractivity contribution in [1.29, 1.82) is 0 Å². The maximum Gasteiger partial charge on any atom is 0.294 e. The van der Waals surface area contributed by atoms with Gasteiger partial charge in [0.2, 0.25) is 0 Å². The van der Waals surface area contributed by atoms with Crippen LogP contribution in [0.2, 0.25) is 0 Å². The van der Waals surface area contributed by atoms with E-state index in [1.165, 1.54) is 11.1 Å². The van der Waals surface area contributed by atoms with Crippen molar-refractivity contribution < 1.29 is 24.1 Å². The molecular weight excluding hydrogens is 360 g/mol. The summed E-state index contributed by atoms with van der Waals surface area (Å²) in [6, 6.07) is 4.41. The zero-order chi connectivity index (χ0) is 18.9. The Kier molecular flexibility index (Phi) is 8.27. The van der Waals surface area contributed by atoms with E-state index < -0.39 is 5.09 Å². The van der Waals surface area contributed by atoms with Crippen LogP contribution in [0.1, 0.15) is 11.1 Å². The second kappa shape index (κ2) is 10.4. The molecule has 1 heterocycles. The highest BCUT2D eigenvalue weighted by atomic mass is 32.2. The Balaban J connectivity index is 1.75. The monoisotopic (exact) mass is 386 g/mol. The molecule has 1 aliphatic rings. The highest BCUT2D eigenvalue weighted by Gasteiger charge is 2.25. The number of hydrogen-bond donors (Lipinski definition) is 0. The van der Waals surface area contributed by atoms with Crippen LogP contribution in [0.15, 0.2) is 12.1 Å². The minimum atomic E-state index is -0.765. The predicted octanol–water partition coefficient (Wildman–Crippen LogP) is 2.02. The lowest BCUT2D eigenvalue weighted by Gasteiger charge is -2.34. The summed E-state index contributed by atoms with van der Waals surface area (Å²) in [5.74, 6) is 2.89. The molecular formula is C17H26N2O6S. The summed E-state index contributed by atoms with van der Waals surface area (Å²) in [5.41, 5.74) is 2.52. The fraction of sp³-hybridized carbons (Fsp3) is 0.647. The van der Waals surface area contributed by atoms with E-state index >= 15 is 0 Å². The number of thioether (sulfide) groups is 1. The molecule has 1 unspecified atom stereocenters. The largest absolute Gasteiger partial charge is 0.493 e. The fourth-order valence-corrected chi connectivity index (χ4v) is 3.54. The van der Waals surface area contributed by atoms with Crippen LogP contribution in [0.4, 0.5) is 0 Å². The van der Waals surface area contributed by atoms with Crippen molar-refractivity contribution in [1.82, 2.24) is 4.90 Å². The van der Waals surface area contributed by atoms with Crippen molar-refractivity contribution in [2.45, 2.75) is 19.0 Å². The van der Waals surface area contributed by atoms with Crippen molar-refractivity contribution in [2.24, 2.45) is 0 Å². The highest BCUT2D eigenvalue weighted by molar-refractivity contribution is 7.99. The van der Waals surface area contributed by atoms with Gasteiger partial charge < -0.3 is 19.0 Å². The molecule has 8 nitrogen and oxygen atoms in total. The number of nitrogens with zero attached hydrogens (tertiary/aromatic N) is 2. The summed E-state index contributed by atoms with van der Waals surface area (Å²) in [5, 5.41) is 9.27. The van der Waals surface area contributed by atoms with E-state index in [9.17, 15) is 10.1 Å². The zero-order valence-electron chi connectivity index (χ0n) is 15.4. The summed E-state index contributed by atoms with van der Waals surface area (Å²) in [7, 11) is 5.39. The SMILES string of the molecule is COc1cc2c(cc1OC)CN(C)C(COCCSCCO[N+](=O)[O-])C2. The molecule has 0 aliphatic carbocycles. The molecule has 26 heavy (non-hydrogen) atoms. The third kappa shape index (κ3) is 5.93. The first kappa shape index (κ1) is 20.6. The van der Waals surface area contributed by atoms with E-state index in [1.54, 1.807) is 26.0 Å². The second-order valence-corrected chi connectivity index (χ2v) is 7.22. The number of hydrogen-bond acceptors (Lipinski definition) is 8. The fourth-order valence-electron chi connectivity index (χ4n) is 2.90. The van der Waals surface area contributed by atoms with E-state index in [0.717, 1.165) is 30.2 Å². The maximum absolute atomic E-state index is 10.0. The molecule has 146 valence electrons. The molecule has 0 N–H and O–H groups in total. The molecule has 0 fully saturated rings. The summed E-state index contributed by atoms with van der Waals surface area (Å²) >= 11 is 1.58. The molecule has 0 aromatic heterocycles. The van der Waals surface area contributed by atoms with Crippen LogP contribution in [-0.2, 0) is 22.5 Å². The molecule has 9 heteroatoms. The van der Waals surface area contributed by atoms with Crippen LogP contribution < -0.4 is 9.47 Å². The smallest absolute Gasteiger partial charge is 0.294 e. The summed E-state index contributed by atoms with van der Waals surface area (Å²) in [6.45, 7) is 2.23. The summed E-state index contributed by atoms with van der Waals surface area (Å²) in [6.07, 6.45) is 0.899. The van der Waals surface area contributed by atoms with Gasteiger partial charge in [-0.1, -0.05) is 0 Å². The molecule has 0 bridgehead atoms. The normalized spacial score (nSPS) is 16.8. The lowest BCUT2D eigenvalue weighted by atomic mass is 9.94. The average molecular weight is 386 g/mol. The van der Waals surface area contributed by atoms with Gasteiger partial charge in [0.15, 0.2) is 11.5 Å². The van der Waals surface area contributed by atoms with E-state index in [2.05, 4.69) is 22.9 Å². The molecule has 1 aromatic carbocycles. The highest BCUT2D eigenvalue weighted by Crippen LogP contribution is 2.34. The summed E-state index contributed by atoms with van der Waals surface area (Å²) in [4.78, 5) is 16.6. The van der Waals surface area contributed by atoms with Crippen molar-refractivity contribution >= 4 is 11.8 Å². The number of benzene rings is 1. The molecule has 0 saturated carbocycles. The van der Waals surface area contributed by atoms with Gasteiger partial charge in [-0.05, 0) is 36.7 Å². The molecule has 2 rings (SSSR count). The Hall–Kier alpha value is -1.71. The Morgan fingerprint density at radius 3 is 2.50 bits per heavy atom. The topological polar surface area (TPSA) is 83.3 Å². The van der Waals surface area contributed by atoms with E-state index in [0.29, 0.717) is 25.0 Å². The molecule has 1 aliphatic heterocycles. The van der Waals surface area contributed by atoms with Gasteiger partial charge >= 0.3 is 0 Å². The number of ether oxygens (including phenoxy) is 3. The standard InChI is InChI=1S/C17H26N2O6S/c1-18-11-14-10-17(23-3)16(22-2)9-13(14)8-15(18)12-24-4-6-26-7-5-25-19(20)21/h9-10,15H,4-8,11-12H2,1-3H3. The van der Waals surface area contributed by atoms with Crippen LogP contribution in [-0.4, -0.2) is 68.6 Å². The quantitative estimate of drug-likeness (QED) is 0.324. The van der Waals surface area contributed by atoms with Gasteiger partial charge in [0.05, 0.1) is 27.4 Å². The predicted molar refractivity (Wildman–Crippen MR) is 99.6 cm³/mol. The van der Waals surface area contributed by atoms with Gasteiger partial charge in [0.25, 0.3) is 5.09 Å². The van der Waals surface area contributed by atoms with Gasteiger partial charge in [-0.2, -0.15) is 11.8 Å². The number of fused-ring (bicyclic) bond motifs is 1. The van der Waals surface area contributed by atoms with Crippen molar-refractivity contribution in [3.63, 3.8) is 0 Å². The van der Waals surface area contributed by atoms with Crippen molar-refractivity contribution in [3.8, 4) is 11.5 Å². The molecule has 0 spiro atoms. The van der Waals surface area contributed by atoms with E-state index in [-0.39, 0.29) is 6.61 Å². The first-order chi connectivity index (χ1) is 12.5. The Labute approximate surface area is 157 Å². The first-order valence-electron chi connectivity index (χ1n) is 8.42. The van der Waals surface area contributed by atoms with Gasteiger partial charge in [0, 0.05) is 24.1 Å². The van der Waals surface area contributed by atoms with Crippen LogP contribution in [0.5, 0.6) is 11.5 Å². The lowest BCUT2D eigenvalue weighted by molar-refractivity contribution is -0.756. The molecule has 0 radical (unpaired) electrons. The Bertz CT molecular complexity index is 601. The van der Waals surface area contributed by atoms with Gasteiger partial charge in [-0.3, -0.25) is 4.90 Å². The van der Waals surface area contributed by atoms with Gasteiger partial charge in [-0.15, -0.1) is 10.1 Å². The minimum Gasteiger partial charge on any atom is -0.493 e. The van der Waals surface area contributed by atoms with Crippen molar-refractivity contribution in [2.75, 3.05) is 52.6 Å². The van der Waals surface area contributed by atoms with Gasteiger partial charge in [0.1, 0.15) is 6.61 Å². The van der Waals surface area contributed by atoms with Crippen LogP contribution in [0.3, 0.4) is 0 Å². The third-order valence-corrected chi connectivity index (χ3v) is 5.22. The Morgan fingerprint density at radius 1 is 1.19 bits per heavy atom.